The van der Waals surface area contributed by atoms with E-state index < -0.39 is 0 Å². The Balaban J connectivity index is 1.37. The van der Waals surface area contributed by atoms with E-state index in [0.717, 1.165) is 50.1 Å². The minimum atomic E-state index is 0.188. The quantitative estimate of drug-likeness (QED) is 0.930. The predicted octanol–water partition coefficient (Wildman–Crippen LogP) is 2.29. The van der Waals surface area contributed by atoms with Crippen molar-refractivity contribution in [2.45, 2.75) is 25.7 Å². The van der Waals surface area contributed by atoms with Gasteiger partial charge in [-0.15, -0.1) is 0 Å². The summed E-state index contributed by atoms with van der Waals surface area (Å²) in [6, 6.07) is 3.95. The van der Waals surface area contributed by atoms with Crippen LogP contribution in [-0.4, -0.2) is 37.2 Å². The molecule has 1 aromatic rings. The number of rotatable bonds is 3. The SMILES string of the molecule is O=C(Nc1ccc(N2CCOCC2)nc1)[C@@H]1C[C@H]2CC[C@H]1C2. The summed E-state index contributed by atoms with van der Waals surface area (Å²) < 4.78 is 5.35. The Bertz CT molecular complexity index is 539. The van der Waals surface area contributed by atoms with E-state index in [2.05, 4.69) is 15.2 Å². The van der Waals surface area contributed by atoms with Gasteiger partial charge in [-0.3, -0.25) is 4.79 Å². The second-order valence-electron chi connectivity index (χ2n) is 6.78. The van der Waals surface area contributed by atoms with Crippen LogP contribution in [0.3, 0.4) is 0 Å². The molecule has 5 nitrogen and oxygen atoms in total. The maximum absolute atomic E-state index is 12.4. The number of ether oxygens (including phenoxy) is 1. The second kappa shape index (κ2) is 5.88. The van der Waals surface area contributed by atoms with Crippen LogP contribution in [0.25, 0.3) is 0 Å². The van der Waals surface area contributed by atoms with Crippen molar-refractivity contribution in [2.24, 2.45) is 17.8 Å². The van der Waals surface area contributed by atoms with Crippen molar-refractivity contribution >= 4 is 17.4 Å². The Morgan fingerprint density at radius 2 is 2.09 bits per heavy atom. The van der Waals surface area contributed by atoms with Crippen molar-refractivity contribution in [3.63, 3.8) is 0 Å². The number of morpholine rings is 1. The van der Waals surface area contributed by atoms with Crippen molar-refractivity contribution in [3.8, 4) is 0 Å². The number of fused-ring (bicyclic) bond motifs is 2. The van der Waals surface area contributed by atoms with Crippen LogP contribution in [0.15, 0.2) is 18.3 Å². The molecule has 1 amide bonds. The molecular formula is C17H23N3O2. The molecule has 2 saturated carbocycles. The Morgan fingerprint density at radius 3 is 2.73 bits per heavy atom. The van der Waals surface area contributed by atoms with E-state index in [1.165, 1.54) is 19.3 Å². The van der Waals surface area contributed by atoms with Gasteiger partial charge in [-0.2, -0.15) is 0 Å². The predicted molar refractivity (Wildman–Crippen MR) is 84.8 cm³/mol. The number of carbonyl (C=O) groups is 1. The molecule has 2 bridgehead atoms. The number of nitrogens with one attached hydrogen (secondary N) is 1. The highest BCUT2D eigenvalue weighted by molar-refractivity contribution is 5.93. The summed E-state index contributed by atoms with van der Waals surface area (Å²) in [5.41, 5.74) is 0.810. The van der Waals surface area contributed by atoms with E-state index in [1.807, 2.05) is 12.1 Å². The van der Waals surface area contributed by atoms with Gasteiger partial charge in [-0.05, 0) is 43.2 Å². The number of aromatic nitrogens is 1. The van der Waals surface area contributed by atoms with Crippen LogP contribution in [0.5, 0.6) is 0 Å². The molecule has 1 aliphatic heterocycles. The van der Waals surface area contributed by atoms with Gasteiger partial charge in [0.1, 0.15) is 5.82 Å². The number of hydrogen-bond acceptors (Lipinski definition) is 4. The van der Waals surface area contributed by atoms with Crippen LogP contribution < -0.4 is 10.2 Å². The van der Waals surface area contributed by atoms with E-state index >= 15 is 0 Å². The standard InChI is InChI=1S/C17H23N3O2/c21-17(15-10-12-1-2-13(15)9-12)19-14-3-4-16(18-11-14)20-5-7-22-8-6-20/h3-4,11-13,15H,1-2,5-10H2,(H,19,21)/t12-,13-,15+/m0/s1. The Morgan fingerprint density at radius 1 is 1.23 bits per heavy atom. The van der Waals surface area contributed by atoms with E-state index in [4.69, 9.17) is 4.74 Å². The average Bonchev–Trinajstić information content (AvgIpc) is 3.19. The second-order valence-corrected chi connectivity index (χ2v) is 6.78. The van der Waals surface area contributed by atoms with Crippen molar-refractivity contribution in [1.82, 2.24) is 4.98 Å². The third-order valence-electron chi connectivity index (χ3n) is 5.43. The lowest BCUT2D eigenvalue weighted by Crippen LogP contribution is -2.36. The summed E-state index contributed by atoms with van der Waals surface area (Å²) in [7, 11) is 0. The van der Waals surface area contributed by atoms with E-state index in [0.29, 0.717) is 5.92 Å². The maximum atomic E-state index is 12.4. The number of nitrogens with zero attached hydrogens (tertiary/aromatic N) is 2. The molecule has 0 aromatic carbocycles. The van der Waals surface area contributed by atoms with Crippen molar-refractivity contribution in [1.29, 1.82) is 0 Å². The Hall–Kier alpha value is -1.62. The fourth-order valence-electron chi connectivity index (χ4n) is 4.24. The maximum Gasteiger partial charge on any atom is 0.227 e. The third kappa shape index (κ3) is 2.70. The first-order valence-corrected chi connectivity index (χ1v) is 8.39. The van der Waals surface area contributed by atoms with Gasteiger partial charge < -0.3 is 15.0 Å². The summed E-state index contributed by atoms with van der Waals surface area (Å²) in [6.07, 6.45) is 6.67. The lowest BCUT2D eigenvalue weighted by Gasteiger charge is -2.27. The summed E-state index contributed by atoms with van der Waals surface area (Å²) >= 11 is 0. The molecule has 5 heteroatoms. The molecule has 118 valence electrons. The molecule has 3 aliphatic rings. The molecule has 1 saturated heterocycles. The first kappa shape index (κ1) is 14.0. The topological polar surface area (TPSA) is 54.5 Å². The van der Waals surface area contributed by atoms with Crippen molar-refractivity contribution < 1.29 is 9.53 Å². The molecule has 22 heavy (non-hydrogen) atoms. The zero-order valence-electron chi connectivity index (χ0n) is 12.8. The van der Waals surface area contributed by atoms with Crippen LogP contribution in [0.1, 0.15) is 25.7 Å². The van der Waals surface area contributed by atoms with Gasteiger partial charge in [0, 0.05) is 19.0 Å². The van der Waals surface area contributed by atoms with Crippen molar-refractivity contribution in [3.05, 3.63) is 18.3 Å². The molecule has 0 spiro atoms. The van der Waals surface area contributed by atoms with Crippen molar-refractivity contribution in [2.75, 3.05) is 36.5 Å². The molecule has 3 fully saturated rings. The molecule has 1 aromatic heterocycles. The number of anilines is 2. The Labute approximate surface area is 131 Å². The highest BCUT2D eigenvalue weighted by Gasteiger charge is 2.43. The average molecular weight is 301 g/mol. The minimum absolute atomic E-state index is 0.188. The van der Waals surface area contributed by atoms with Crippen LogP contribution in [0.2, 0.25) is 0 Å². The van der Waals surface area contributed by atoms with Crippen LogP contribution in [0, 0.1) is 17.8 Å². The van der Waals surface area contributed by atoms with Gasteiger partial charge in [0.25, 0.3) is 0 Å². The zero-order valence-corrected chi connectivity index (χ0v) is 12.8. The molecule has 1 N–H and O–H groups in total. The van der Waals surface area contributed by atoms with E-state index in [-0.39, 0.29) is 11.8 Å². The number of hydrogen-bond donors (Lipinski definition) is 1. The molecule has 3 atom stereocenters. The van der Waals surface area contributed by atoms with E-state index in [1.54, 1.807) is 6.20 Å². The van der Waals surface area contributed by atoms with Gasteiger partial charge in [0.05, 0.1) is 25.1 Å². The van der Waals surface area contributed by atoms with Gasteiger partial charge in [0.2, 0.25) is 5.91 Å². The monoisotopic (exact) mass is 301 g/mol. The third-order valence-corrected chi connectivity index (χ3v) is 5.43. The van der Waals surface area contributed by atoms with Crippen LogP contribution >= 0.6 is 0 Å². The fourth-order valence-corrected chi connectivity index (χ4v) is 4.24. The highest BCUT2D eigenvalue weighted by Crippen LogP contribution is 2.48. The fraction of sp³-hybridized carbons (Fsp3) is 0.647. The van der Waals surface area contributed by atoms with Gasteiger partial charge in [0.15, 0.2) is 0 Å². The Kier molecular flexibility index (Phi) is 3.74. The molecule has 4 rings (SSSR count). The van der Waals surface area contributed by atoms with Crippen LogP contribution in [-0.2, 0) is 9.53 Å². The molecular weight excluding hydrogens is 278 g/mol. The normalized spacial score (nSPS) is 30.5. The largest absolute Gasteiger partial charge is 0.378 e. The van der Waals surface area contributed by atoms with Crippen LogP contribution in [0.4, 0.5) is 11.5 Å². The summed E-state index contributed by atoms with van der Waals surface area (Å²) in [5, 5.41) is 3.05. The zero-order chi connectivity index (χ0) is 14.9. The molecule has 2 heterocycles. The summed E-state index contributed by atoms with van der Waals surface area (Å²) in [6.45, 7) is 3.27. The number of amides is 1. The molecule has 0 unspecified atom stereocenters. The number of pyridine rings is 1. The molecule has 2 aliphatic carbocycles. The first-order valence-electron chi connectivity index (χ1n) is 8.39. The van der Waals surface area contributed by atoms with E-state index in [9.17, 15) is 4.79 Å². The molecule has 0 radical (unpaired) electrons. The summed E-state index contributed by atoms with van der Waals surface area (Å²) in [5.74, 6) is 2.78. The minimum Gasteiger partial charge on any atom is -0.378 e. The lowest BCUT2D eigenvalue weighted by atomic mass is 9.88. The van der Waals surface area contributed by atoms with Gasteiger partial charge in [-0.1, -0.05) is 6.42 Å². The number of carbonyl (C=O) groups excluding carboxylic acids is 1. The highest BCUT2D eigenvalue weighted by atomic mass is 16.5. The first-order chi connectivity index (χ1) is 10.8. The smallest absolute Gasteiger partial charge is 0.227 e. The lowest BCUT2D eigenvalue weighted by molar-refractivity contribution is -0.121. The van der Waals surface area contributed by atoms with Gasteiger partial charge >= 0.3 is 0 Å². The summed E-state index contributed by atoms with van der Waals surface area (Å²) in [4.78, 5) is 19.1. The van der Waals surface area contributed by atoms with Gasteiger partial charge in [-0.25, -0.2) is 4.98 Å².